The van der Waals surface area contributed by atoms with Gasteiger partial charge >= 0.3 is 0 Å². The third-order valence-corrected chi connectivity index (χ3v) is 3.56. The SMILES string of the molecule is Cn1nc(C2CCC2)c2c(C=O)cccc21. The molecular formula is C13H14N2O. The van der Waals surface area contributed by atoms with Gasteiger partial charge in [-0.3, -0.25) is 9.48 Å². The summed E-state index contributed by atoms with van der Waals surface area (Å²) in [6, 6.07) is 5.81. The first-order chi connectivity index (χ1) is 7.81. The van der Waals surface area contributed by atoms with E-state index >= 15 is 0 Å². The highest BCUT2D eigenvalue weighted by Crippen LogP contribution is 2.39. The molecule has 0 unspecified atom stereocenters. The third-order valence-electron chi connectivity index (χ3n) is 3.56. The van der Waals surface area contributed by atoms with Crippen molar-refractivity contribution < 1.29 is 4.79 Å². The molecule has 1 fully saturated rings. The van der Waals surface area contributed by atoms with Gasteiger partial charge in [-0.2, -0.15) is 5.10 Å². The Morgan fingerprint density at radius 1 is 1.44 bits per heavy atom. The number of fused-ring (bicyclic) bond motifs is 1. The lowest BCUT2D eigenvalue weighted by molar-refractivity contribution is 0.112. The van der Waals surface area contributed by atoms with Gasteiger partial charge in [-0.05, 0) is 18.9 Å². The number of carbonyl (C=O) groups is 1. The quantitative estimate of drug-likeness (QED) is 0.720. The van der Waals surface area contributed by atoms with E-state index in [0.29, 0.717) is 5.92 Å². The molecule has 3 nitrogen and oxygen atoms in total. The highest BCUT2D eigenvalue weighted by molar-refractivity contribution is 5.98. The highest BCUT2D eigenvalue weighted by atomic mass is 16.1. The van der Waals surface area contributed by atoms with E-state index in [4.69, 9.17) is 0 Å². The lowest BCUT2D eigenvalue weighted by Gasteiger charge is -2.23. The fraction of sp³-hybridized carbons (Fsp3) is 0.385. The molecule has 2 aromatic rings. The van der Waals surface area contributed by atoms with Crippen molar-refractivity contribution in [3.8, 4) is 0 Å². The number of carbonyl (C=O) groups excluding carboxylic acids is 1. The lowest BCUT2D eigenvalue weighted by Crippen LogP contribution is -2.10. The van der Waals surface area contributed by atoms with Crippen LogP contribution in [0.2, 0.25) is 0 Å². The molecule has 3 rings (SSSR count). The minimum Gasteiger partial charge on any atom is -0.298 e. The van der Waals surface area contributed by atoms with E-state index in [9.17, 15) is 4.79 Å². The van der Waals surface area contributed by atoms with Crippen molar-refractivity contribution in [3.05, 3.63) is 29.5 Å². The van der Waals surface area contributed by atoms with E-state index in [1.54, 1.807) is 0 Å². The maximum Gasteiger partial charge on any atom is 0.150 e. The van der Waals surface area contributed by atoms with Crippen molar-refractivity contribution in [3.63, 3.8) is 0 Å². The number of rotatable bonds is 2. The van der Waals surface area contributed by atoms with Gasteiger partial charge in [-0.15, -0.1) is 0 Å². The van der Waals surface area contributed by atoms with E-state index in [0.717, 1.165) is 28.4 Å². The first kappa shape index (κ1) is 9.58. The molecule has 0 saturated heterocycles. The largest absolute Gasteiger partial charge is 0.298 e. The zero-order chi connectivity index (χ0) is 11.1. The molecule has 0 aliphatic heterocycles. The van der Waals surface area contributed by atoms with Gasteiger partial charge in [0.05, 0.1) is 11.2 Å². The van der Waals surface area contributed by atoms with E-state index in [2.05, 4.69) is 5.10 Å². The summed E-state index contributed by atoms with van der Waals surface area (Å²) in [6.45, 7) is 0. The molecule has 0 N–H and O–H groups in total. The fourth-order valence-electron chi connectivity index (χ4n) is 2.44. The van der Waals surface area contributed by atoms with Gasteiger partial charge in [0, 0.05) is 23.9 Å². The molecular weight excluding hydrogens is 200 g/mol. The van der Waals surface area contributed by atoms with Crippen LogP contribution in [-0.4, -0.2) is 16.1 Å². The van der Waals surface area contributed by atoms with Crippen molar-refractivity contribution in [2.75, 3.05) is 0 Å². The van der Waals surface area contributed by atoms with Crippen molar-refractivity contribution >= 4 is 17.2 Å². The Kier molecular flexibility index (Phi) is 2.06. The van der Waals surface area contributed by atoms with Crippen LogP contribution < -0.4 is 0 Å². The topological polar surface area (TPSA) is 34.9 Å². The molecule has 1 aromatic heterocycles. The summed E-state index contributed by atoms with van der Waals surface area (Å²) >= 11 is 0. The number of aromatic nitrogens is 2. The second kappa shape index (κ2) is 3.44. The highest BCUT2D eigenvalue weighted by Gasteiger charge is 2.25. The minimum atomic E-state index is 0.560. The zero-order valence-corrected chi connectivity index (χ0v) is 9.31. The van der Waals surface area contributed by atoms with E-state index in [1.165, 1.54) is 19.3 Å². The van der Waals surface area contributed by atoms with Gasteiger partial charge in [0.2, 0.25) is 0 Å². The molecule has 0 spiro atoms. The molecule has 1 saturated carbocycles. The van der Waals surface area contributed by atoms with Crippen LogP contribution in [0.5, 0.6) is 0 Å². The summed E-state index contributed by atoms with van der Waals surface area (Å²) in [6.07, 6.45) is 4.64. The van der Waals surface area contributed by atoms with Gasteiger partial charge in [-0.25, -0.2) is 0 Å². The van der Waals surface area contributed by atoms with Crippen LogP contribution in [0.1, 0.15) is 41.2 Å². The normalized spacial score (nSPS) is 16.3. The van der Waals surface area contributed by atoms with Crippen molar-refractivity contribution in [1.29, 1.82) is 0 Å². The first-order valence-electron chi connectivity index (χ1n) is 5.72. The number of hydrogen-bond donors (Lipinski definition) is 0. The maximum absolute atomic E-state index is 11.1. The predicted molar refractivity (Wildman–Crippen MR) is 62.7 cm³/mol. The van der Waals surface area contributed by atoms with Crippen LogP contribution in [0, 0.1) is 0 Å². The second-order valence-corrected chi connectivity index (χ2v) is 4.50. The molecule has 1 aliphatic carbocycles. The zero-order valence-electron chi connectivity index (χ0n) is 9.31. The van der Waals surface area contributed by atoms with E-state index in [1.807, 2.05) is 29.9 Å². The summed E-state index contributed by atoms with van der Waals surface area (Å²) in [5, 5.41) is 5.64. The molecule has 0 atom stereocenters. The molecule has 0 radical (unpaired) electrons. The van der Waals surface area contributed by atoms with Crippen molar-refractivity contribution in [1.82, 2.24) is 9.78 Å². The number of aryl methyl sites for hydroxylation is 1. The number of hydrogen-bond acceptors (Lipinski definition) is 2. The van der Waals surface area contributed by atoms with Gasteiger partial charge in [0.15, 0.2) is 6.29 Å². The average Bonchev–Trinajstić information content (AvgIpc) is 2.54. The Morgan fingerprint density at radius 3 is 2.88 bits per heavy atom. The standard InChI is InChI=1S/C13H14N2O/c1-15-11-7-3-6-10(8-16)12(11)13(14-15)9-4-2-5-9/h3,6-9H,2,4-5H2,1H3. The van der Waals surface area contributed by atoms with E-state index in [-0.39, 0.29) is 0 Å². The minimum absolute atomic E-state index is 0.560. The Morgan fingerprint density at radius 2 is 2.25 bits per heavy atom. The van der Waals surface area contributed by atoms with Gasteiger partial charge < -0.3 is 0 Å². The molecule has 0 bridgehead atoms. The molecule has 1 heterocycles. The van der Waals surface area contributed by atoms with Crippen molar-refractivity contribution in [2.24, 2.45) is 7.05 Å². The third kappa shape index (κ3) is 1.21. The van der Waals surface area contributed by atoms with Gasteiger partial charge in [0.25, 0.3) is 0 Å². The lowest BCUT2D eigenvalue weighted by atomic mass is 9.81. The van der Waals surface area contributed by atoms with Crippen LogP contribution >= 0.6 is 0 Å². The Labute approximate surface area is 94.1 Å². The van der Waals surface area contributed by atoms with Crippen LogP contribution in [0.15, 0.2) is 18.2 Å². The Balaban J connectivity index is 2.30. The molecule has 1 aliphatic rings. The van der Waals surface area contributed by atoms with Gasteiger partial charge in [0.1, 0.15) is 0 Å². The monoisotopic (exact) mass is 214 g/mol. The van der Waals surface area contributed by atoms with Crippen molar-refractivity contribution in [2.45, 2.75) is 25.2 Å². The first-order valence-corrected chi connectivity index (χ1v) is 5.72. The molecule has 3 heteroatoms. The second-order valence-electron chi connectivity index (χ2n) is 4.50. The predicted octanol–water partition coefficient (Wildman–Crippen LogP) is 2.65. The molecule has 82 valence electrons. The van der Waals surface area contributed by atoms with Crippen LogP contribution in [0.25, 0.3) is 10.9 Å². The van der Waals surface area contributed by atoms with Crippen LogP contribution in [-0.2, 0) is 7.05 Å². The summed E-state index contributed by atoms with van der Waals surface area (Å²) in [4.78, 5) is 11.1. The Hall–Kier alpha value is -1.64. The van der Waals surface area contributed by atoms with Crippen LogP contribution in [0.4, 0.5) is 0 Å². The summed E-state index contributed by atoms with van der Waals surface area (Å²) in [7, 11) is 1.94. The number of nitrogens with zero attached hydrogens (tertiary/aromatic N) is 2. The smallest absolute Gasteiger partial charge is 0.150 e. The Bertz CT molecular complexity index is 552. The summed E-state index contributed by atoms with van der Waals surface area (Å²) < 4.78 is 1.88. The number of aldehydes is 1. The number of benzene rings is 1. The molecule has 16 heavy (non-hydrogen) atoms. The molecule has 0 amide bonds. The summed E-state index contributed by atoms with van der Waals surface area (Å²) in [5.74, 6) is 0.560. The molecule has 1 aromatic carbocycles. The van der Waals surface area contributed by atoms with E-state index < -0.39 is 0 Å². The average molecular weight is 214 g/mol. The fourth-order valence-corrected chi connectivity index (χ4v) is 2.44. The maximum atomic E-state index is 11.1. The van der Waals surface area contributed by atoms with Crippen LogP contribution in [0.3, 0.4) is 0 Å². The van der Waals surface area contributed by atoms with Gasteiger partial charge in [-0.1, -0.05) is 18.6 Å². The summed E-state index contributed by atoms with van der Waals surface area (Å²) in [5.41, 5.74) is 2.95.